The molecule has 0 bridgehead atoms. The van der Waals surface area contributed by atoms with Crippen molar-refractivity contribution in [3.8, 4) is 5.88 Å². The molecule has 0 aliphatic heterocycles. The van der Waals surface area contributed by atoms with Gasteiger partial charge >= 0.3 is 5.97 Å². The molecule has 0 unspecified atom stereocenters. The van der Waals surface area contributed by atoms with E-state index in [1.165, 1.54) is 6.08 Å². The van der Waals surface area contributed by atoms with E-state index in [0.717, 1.165) is 5.56 Å². The summed E-state index contributed by atoms with van der Waals surface area (Å²) in [5, 5.41) is 16.5. The predicted octanol–water partition coefficient (Wildman–Crippen LogP) is 3.93. The molecule has 1 aromatic heterocycles. The topological polar surface area (TPSA) is 134 Å². The maximum atomic E-state index is 11.8. The SMILES string of the molecule is C=C/C=C(\C=C)Oc1ccc(C[C@H](/C(N=N)=N/N)[C@H](CC(C)C)C(=O)O)cn1. The zero-order valence-corrected chi connectivity index (χ0v) is 16.2. The molecule has 2 atom stereocenters. The second kappa shape index (κ2) is 11.4. The van der Waals surface area contributed by atoms with Gasteiger partial charge in [0, 0.05) is 18.2 Å². The molecular formula is C20H27N5O3. The molecule has 8 heteroatoms. The Kier molecular flexibility index (Phi) is 9.29. The number of aliphatic carboxylic acids is 1. The number of allylic oxidation sites excluding steroid dienone is 3. The Morgan fingerprint density at radius 1 is 1.39 bits per heavy atom. The summed E-state index contributed by atoms with van der Waals surface area (Å²) in [7, 11) is 0. The van der Waals surface area contributed by atoms with E-state index in [1.54, 1.807) is 30.5 Å². The summed E-state index contributed by atoms with van der Waals surface area (Å²) in [4.78, 5) is 16.1. The number of hydrazone groups is 1. The molecule has 0 saturated heterocycles. The number of hydrogen-bond acceptors (Lipinski definition) is 6. The van der Waals surface area contributed by atoms with Crippen molar-refractivity contribution in [3.05, 3.63) is 61.0 Å². The normalized spacial score (nSPS) is 14.2. The Morgan fingerprint density at radius 3 is 2.54 bits per heavy atom. The summed E-state index contributed by atoms with van der Waals surface area (Å²) >= 11 is 0. The maximum absolute atomic E-state index is 11.8. The van der Waals surface area contributed by atoms with Gasteiger partial charge in [0.1, 0.15) is 5.76 Å². The van der Waals surface area contributed by atoms with Crippen molar-refractivity contribution in [3.63, 3.8) is 0 Å². The van der Waals surface area contributed by atoms with Crippen LogP contribution in [0.1, 0.15) is 25.8 Å². The summed E-state index contributed by atoms with van der Waals surface area (Å²) in [5.41, 5.74) is 8.06. The molecule has 150 valence electrons. The van der Waals surface area contributed by atoms with Crippen LogP contribution in [-0.4, -0.2) is 21.9 Å². The fourth-order valence-corrected chi connectivity index (χ4v) is 2.79. The number of aromatic nitrogens is 1. The lowest BCUT2D eigenvalue weighted by Gasteiger charge is -2.24. The maximum Gasteiger partial charge on any atom is 0.307 e. The third-order valence-corrected chi connectivity index (χ3v) is 4.07. The van der Waals surface area contributed by atoms with Crippen LogP contribution in [0.15, 0.2) is 65.7 Å². The van der Waals surface area contributed by atoms with E-state index >= 15 is 0 Å². The summed E-state index contributed by atoms with van der Waals surface area (Å²) in [5.74, 6) is 3.98. The minimum Gasteiger partial charge on any atom is -0.481 e. The number of carbonyl (C=O) groups is 1. The number of nitrogens with two attached hydrogens (primary N) is 1. The zero-order chi connectivity index (χ0) is 21.1. The van der Waals surface area contributed by atoms with Gasteiger partial charge < -0.3 is 15.7 Å². The molecule has 0 spiro atoms. The number of carboxylic acid groups (broad SMARTS) is 1. The Morgan fingerprint density at radius 2 is 2.11 bits per heavy atom. The molecule has 1 rings (SSSR count). The van der Waals surface area contributed by atoms with E-state index in [0.29, 0.717) is 18.1 Å². The van der Waals surface area contributed by atoms with Crippen LogP contribution in [0.4, 0.5) is 0 Å². The highest BCUT2D eigenvalue weighted by atomic mass is 16.5. The Bertz CT molecular complexity index is 754. The average Bonchev–Trinajstić information content (AvgIpc) is 2.67. The Hall–Kier alpha value is -3.29. The van der Waals surface area contributed by atoms with Gasteiger partial charge in [-0.15, -0.1) is 5.11 Å². The lowest BCUT2D eigenvalue weighted by atomic mass is 9.81. The third-order valence-electron chi connectivity index (χ3n) is 4.07. The molecular weight excluding hydrogens is 358 g/mol. The van der Waals surface area contributed by atoms with Crippen molar-refractivity contribution in [2.45, 2.75) is 26.7 Å². The first kappa shape index (κ1) is 22.8. The van der Waals surface area contributed by atoms with Crippen LogP contribution < -0.4 is 10.6 Å². The van der Waals surface area contributed by atoms with Crippen LogP contribution in [0.2, 0.25) is 0 Å². The quantitative estimate of drug-likeness (QED) is 0.101. The van der Waals surface area contributed by atoms with Gasteiger partial charge in [-0.2, -0.15) is 5.10 Å². The van der Waals surface area contributed by atoms with Crippen molar-refractivity contribution in [1.82, 2.24) is 4.98 Å². The first-order valence-electron chi connectivity index (χ1n) is 8.82. The molecule has 0 amide bonds. The molecule has 28 heavy (non-hydrogen) atoms. The lowest BCUT2D eigenvalue weighted by Crippen LogP contribution is -2.32. The van der Waals surface area contributed by atoms with Gasteiger partial charge in [0.05, 0.1) is 5.92 Å². The van der Waals surface area contributed by atoms with E-state index in [4.69, 9.17) is 16.1 Å². The summed E-state index contributed by atoms with van der Waals surface area (Å²) in [6, 6.07) is 3.44. The smallest absolute Gasteiger partial charge is 0.307 e. The summed E-state index contributed by atoms with van der Waals surface area (Å²) in [6.07, 6.45) is 7.06. The van der Waals surface area contributed by atoms with Gasteiger partial charge in [-0.3, -0.25) is 4.79 Å². The minimum atomic E-state index is -0.971. The van der Waals surface area contributed by atoms with Crippen LogP contribution in [0.5, 0.6) is 5.88 Å². The van der Waals surface area contributed by atoms with Crippen LogP contribution in [0.3, 0.4) is 0 Å². The molecule has 1 heterocycles. The number of pyridine rings is 1. The largest absolute Gasteiger partial charge is 0.481 e. The molecule has 0 radical (unpaired) electrons. The number of carboxylic acids is 1. The second-order valence-corrected chi connectivity index (χ2v) is 6.60. The molecule has 0 aliphatic rings. The monoisotopic (exact) mass is 385 g/mol. The standard InChI is InChI=1S/C20H27N5O3/c1-5-7-15(6-2)28-18-9-8-14(12-23-18)11-16(19(24-21)25-22)17(20(26)27)10-13(3)4/h5-9,12-13,16-17,21H,1-2,10-11,22H2,3-4H3,(H,26,27)/b15-7+,24-21?,25-19-/t16-,17-/m0/s1. The van der Waals surface area contributed by atoms with Crippen LogP contribution >= 0.6 is 0 Å². The van der Waals surface area contributed by atoms with E-state index in [1.807, 2.05) is 13.8 Å². The Labute approximate surface area is 165 Å². The van der Waals surface area contributed by atoms with Gasteiger partial charge in [0.2, 0.25) is 5.88 Å². The van der Waals surface area contributed by atoms with Crippen molar-refractivity contribution in [2.75, 3.05) is 0 Å². The number of amidine groups is 1. The number of nitrogens with one attached hydrogen (secondary N) is 1. The minimum absolute atomic E-state index is 0.00348. The zero-order valence-electron chi connectivity index (χ0n) is 16.2. The highest BCUT2D eigenvalue weighted by Gasteiger charge is 2.33. The Balaban J connectivity index is 3.10. The number of ether oxygens (including phenoxy) is 1. The molecule has 0 fully saturated rings. The number of hydrogen-bond donors (Lipinski definition) is 3. The summed E-state index contributed by atoms with van der Waals surface area (Å²) < 4.78 is 5.57. The number of nitrogens with zero attached hydrogens (tertiary/aromatic N) is 3. The van der Waals surface area contributed by atoms with Gasteiger partial charge in [-0.25, -0.2) is 10.5 Å². The summed E-state index contributed by atoms with van der Waals surface area (Å²) in [6.45, 7) is 11.1. The van der Waals surface area contributed by atoms with E-state index < -0.39 is 17.8 Å². The molecule has 0 saturated carbocycles. The molecule has 8 nitrogen and oxygen atoms in total. The predicted molar refractivity (Wildman–Crippen MR) is 108 cm³/mol. The van der Waals surface area contributed by atoms with Crippen LogP contribution in [0, 0.1) is 23.3 Å². The van der Waals surface area contributed by atoms with E-state index in [2.05, 4.69) is 28.4 Å². The molecule has 0 aromatic carbocycles. The molecule has 4 N–H and O–H groups in total. The highest BCUT2D eigenvalue weighted by Crippen LogP contribution is 2.27. The van der Waals surface area contributed by atoms with Gasteiger partial charge in [-0.1, -0.05) is 39.1 Å². The van der Waals surface area contributed by atoms with Gasteiger partial charge in [0.25, 0.3) is 0 Å². The average molecular weight is 385 g/mol. The van der Waals surface area contributed by atoms with Crippen molar-refractivity contribution < 1.29 is 14.6 Å². The van der Waals surface area contributed by atoms with Gasteiger partial charge in [-0.05, 0) is 36.5 Å². The first-order chi connectivity index (χ1) is 13.4. The third kappa shape index (κ3) is 6.79. The van der Waals surface area contributed by atoms with Crippen LogP contribution in [0.25, 0.3) is 0 Å². The highest BCUT2D eigenvalue weighted by molar-refractivity contribution is 5.89. The van der Waals surface area contributed by atoms with Gasteiger partial charge in [0.15, 0.2) is 5.84 Å². The van der Waals surface area contributed by atoms with Crippen molar-refractivity contribution in [1.29, 1.82) is 5.53 Å². The lowest BCUT2D eigenvalue weighted by molar-refractivity contribution is -0.143. The fourth-order valence-electron chi connectivity index (χ4n) is 2.79. The fraction of sp³-hybridized carbons (Fsp3) is 0.350. The van der Waals surface area contributed by atoms with Crippen molar-refractivity contribution >= 4 is 11.8 Å². The van der Waals surface area contributed by atoms with Crippen LogP contribution in [-0.2, 0) is 11.2 Å². The van der Waals surface area contributed by atoms with Crippen molar-refractivity contribution in [2.24, 2.45) is 33.8 Å². The first-order valence-corrected chi connectivity index (χ1v) is 8.82. The van der Waals surface area contributed by atoms with E-state index in [-0.39, 0.29) is 18.2 Å². The second-order valence-electron chi connectivity index (χ2n) is 6.60. The molecule has 0 aliphatic carbocycles. The number of rotatable bonds is 11. The van der Waals surface area contributed by atoms with E-state index in [9.17, 15) is 9.90 Å². The molecule has 1 aromatic rings.